The molecule has 1 aromatic rings. The average molecular weight is 180 g/mol. The number of nitrogens with two attached hydrogens (primary N) is 1. The molecular formula is C9H16N4. The van der Waals surface area contributed by atoms with Gasteiger partial charge in [0, 0.05) is 24.7 Å². The third-order valence-electron chi connectivity index (χ3n) is 2.59. The minimum atomic E-state index is 0.0448. The molecule has 0 spiro atoms. The van der Waals surface area contributed by atoms with Crippen LogP contribution in [-0.2, 0) is 13.0 Å². The van der Waals surface area contributed by atoms with Crippen LogP contribution >= 0.6 is 0 Å². The van der Waals surface area contributed by atoms with Gasteiger partial charge >= 0.3 is 0 Å². The SMILES string of the molecule is CC(N)c1n[nH]c2c1CCN(C)C2. The Kier molecular flexibility index (Phi) is 2.09. The van der Waals surface area contributed by atoms with E-state index >= 15 is 0 Å². The maximum Gasteiger partial charge on any atom is 0.0822 e. The molecule has 0 amide bonds. The molecule has 4 heteroatoms. The van der Waals surface area contributed by atoms with E-state index in [9.17, 15) is 0 Å². The summed E-state index contributed by atoms with van der Waals surface area (Å²) in [5, 5.41) is 7.32. The standard InChI is InChI=1S/C9H16N4/c1-6(10)9-7-3-4-13(2)5-8(7)11-12-9/h6H,3-5,10H2,1-2H3,(H,11,12). The van der Waals surface area contributed by atoms with Gasteiger partial charge in [0.1, 0.15) is 0 Å². The Morgan fingerprint density at radius 3 is 3.08 bits per heavy atom. The van der Waals surface area contributed by atoms with Gasteiger partial charge in [0.2, 0.25) is 0 Å². The summed E-state index contributed by atoms with van der Waals surface area (Å²) in [7, 11) is 2.12. The Morgan fingerprint density at radius 1 is 1.62 bits per heavy atom. The lowest BCUT2D eigenvalue weighted by Crippen LogP contribution is -2.27. The van der Waals surface area contributed by atoms with E-state index in [1.165, 1.54) is 11.3 Å². The van der Waals surface area contributed by atoms with Crippen molar-refractivity contribution in [3.05, 3.63) is 17.0 Å². The predicted octanol–water partition coefficient (Wildman–Crippen LogP) is 0.417. The fraction of sp³-hybridized carbons (Fsp3) is 0.667. The van der Waals surface area contributed by atoms with E-state index in [0.29, 0.717) is 0 Å². The van der Waals surface area contributed by atoms with E-state index in [0.717, 1.165) is 25.2 Å². The third kappa shape index (κ3) is 1.47. The van der Waals surface area contributed by atoms with Crippen molar-refractivity contribution < 1.29 is 0 Å². The molecule has 3 N–H and O–H groups in total. The van der Waals surface area contributed by atoms with Crippen LogP contribution in [0, 0.1) is 0 Å². The van der Waals surface area contributed by atoms with Crippen LogP contribution in [0.4, 0.5) is 0 Å². The number of aromatic amines is 1. The van der Waals surface area contributed by atoms with E-state index in [1.807, 2.05) is 6.92 Å². The molecular weight excluding hydrogens is 164 g/mol. The molecule has 4 nitrogen and oxygen atoms in total. The van der Waals surface area contributed by atoms with Crippen molar-refractivity contribution in [2.24, 2.45) is 5.73 Å². The van der Waals surface area contributed by atoms with E-state index in [1.54, 1.807) is 0 Å². The first-order chi connectivity index (χ1) is 6.18. The number of nitrogens with one attached hydrogen (secondary N) is 1. The molecule has 2 heterocycles. The van der Waals surface area contributed by atoms with Crippen molar-refractivity contribution in [1.82, 2.24) is 15.1 Å². The monoisotopic (exact) mass is 180 g/mol. The van der Waals surface area contributed by atoms with Crippen LogP contribution in [0.15, 0.2) is 0 Å². The lowest BCUT2D eigenvalue weighted by Gasteiger charge is -2.22. The van der Waals surface area contributed by atoms with Crippen molar-refractivity contribution in [3.63, 3.8) is 0 Å². The zero-order chi connectivity index (χ0) is 9.42. The van der Waals surface area contributed by atoms with Gasteiger partial charge in [0.05, 0.1) is 11.4 Å². The highest BCUT2D eigenvalue weighted by Gasteiger charge is 2.20. The predicted molar refractivity (Wildman–Crippen MR) is 51.2 cm³/mol. The van der Waals surface area contributed by atoms with Gasteiger partial charge in [-0.2, -0.15) is 5.10 Å². The highest BCUT2D eigenvalue weighted by Crippen LogP contribution is 2.22. The van der Waals surface area contributed by atoms with Gasteiger partial charge in [0.25, 0.3) is 0 Å². The van der Waals surface area contributed by atoms with Crippen molar-refractivity contribution in [2.45, 2.75) is 25.9 Å². The second-order valence-corrected chi connectivity index (χ2v) is 3.84. The van der Waals surface area contributed by atoms with Crippen molar-refractivity contribution in [3.8, 4) is 0 Å². The van der Waals surface area contributed by atoms with Gasteiger partial charge in [-0.3, -0.25) is 5.10 Å². The smallest absolute Gasteiger partial charge is 0.0822 e. The number of fused-ring (bicyclic) bond motifs is 1. The summed E-state index contributed by atoms with van der Waals surface area (Å²) >= 11 is 0. The van der Waals surface area contributed by atoms with E-state index in [4.69, 9.17) is 5.73 Å². The van der Waals surface area contributed by atoms with E-state index in [2.05, 4.69) is 22.1 Å². The van der Waals surface area contributed by atoms with Crippen LogP contribution in [0.3, 0.4) is 0 Å². The van der Waals surface area contributed by atoms with Crippen LogP contribution in [-0.4, -0.2) is 28.7 Å². The molecule has 1 aliphatic heterocycles. The topological polar surface area (TPSA) is 57.9 Å². The quantitative estimate of drug-likeness (QED) is 0.658. The highest BCUT2D eigenvalue weighted by molar-refractivity contribution is 5.29. The number of likely N-dealkylation sites (N-methyl/N-ethyl adjacent to an activating group) is 1. The number of rotatable bonds is 1. The normalized spacial score (nSPS) is 19.9. The molecule has 1 aliphatic rings. The van der Waals surface area contributed by atoms with Crippen LogP contribution < -0.4 is 5.73 Å². The zero-order valence-corrected chi connectivity index (χ0v) is 8.17. The van der Waals surface area contributed by atoms with Crippen LogP contribution in [0.5, 0.6) is 0 Å². The maximum atomic E-state index is 5.82. The third-order valence-corrected chi connectivity index (χ3v) is 2.59. The first-order valence-corrected chi connectivity index (χ1v) is 4.68. The molecule has 1 unspecified atom stereocenters. The molecule has 2 rings (SSSR count). The Hall–Kier alpha value is -0.870. The van der Waals surface area contributed by atoms with Gasteiger partial charge in [-0.25, -0.2) is 0 Å². The van der Waals surface area contributed by atoms with Gasteiger partial charge < -0.3 is 10.6 Å². The van der Waals surface area contributed by atoms with Crippen LogP contribution in [0.1, 0.15) is 29.9 Å². The molecule has 0 aromatic carbocycles. The number of aromatic nitrogens is 2. The van der Waals surface area contributed by atoms with Gasteiger partial charge in [-0.05, 0) is 20.4 Å². The van der Waals surface area contributed by atoms with Crippen molar-refractivity contribution in [1.29, 1.82) is 0 Å². The largest absolute Gasteiger partial charge is 0.323 e. The second kappa shape index (κ2) is 3.12. The Labute approximate surface area is 78.1 Å². The minimum Gasteiger partial charge on any atom is -0.323 e. The van der Waals surface area contributed by atoms with E-state index in [-0.39, 0.29) is 6.04 Å². The molecule has 0 saturated heterocycles. The van der Waals surface area contributed by atoms with Gasteiger partial charge in [-0.1, -0.05) is 0 Å². The summed E-state index contributed by atoms with van der Waals surface area (Å²) in [6.45, 7) is 4.05. The first-order valence-electron chi connectivity index (χ1n) is 4.68. The molecule has 0 bridgehead atoms. The molecule has 0 fully saturated rings. The molecule has 0 radical (unpaired) electrons. The molecule has 0 saturated carbocycles. The second-order valence-electron chi connectivity index (χ2n) is 3.84. The van der Waals surface area contributed by atoms with Gasteiger partial charge in [0.15, 0.2) is 0 Å². The molecule has 0 aliphatic carbocycles. The van der Waals surface area contributed by atoms with Crippen LogP contribution in [0.2, 0.25) is 0 Å². The number of hydrogen-bond acceptors (Lipinski definition) is 3. The average Bonchev–Trinajstić information content (AvgIpc) is 2.46. The summed E-state index contributed by atoms with van der Waals surface area (Å²) in [6.07, 6.45) is 1.07. The van der Waals surface area contributed by atoms with Crippen molar-refractivity contribution >= 4 is 0 Å². The summed E-state index contributed by atoms with van der Waals surface area (Å²) in [6, 6.07) is 0.0448. The minimum absolute atomic E-state index is 0.0448. The Bertz CT molecular complexity index is 303. The lowest BCUT2D eigenvalue weighted by atomic mass is 10.0. The molecule has 1 atom stereocenters. The van der Waals surface area contributed by atoms with Gasteiger partial charge in [-0.15, -0.1) is 0 Å². The number of nitrogens with zero attached hydrogens (tertiary/aromatic N) is 2. The highest BCUT2D eigenvalue weighted by atomic mass is 15.2. The summed E-state index contributed by atoms with van der Waals surface area (Å²) in [4.78, 5) is 2.28. The molecule has 13 heavy (non-hydrogen) atoms. The molecule has 1 aromatic heterocycles. The number of hydrogen-bond donors (Lipinski definition) is 2. The van der Waals surface area contributed by atoms with Crippen molar-refractivity contribution in [2.75, 3.05) is 13.6 Å². The summed E-state index contributed by atoms with van der Waals surface area (Å²) in [5.74, 6) is 0. The van der Waals surface area contributed by atoms with E-state index < -0.39 is 0 Å². The Balaban J connectivity index is 2.33. The maximum absolute atomic E-state index is 5.82. The summed E-state index contributed by atoms with van der Waals surface area (Å²) in [5.41, 5.74) is 9.44. The number of H-pyrrole nitrogens is 1. The zero-order valence-electron chi connectivity index (χ0n) is 8.17. The fourth-order valence-corrected chi connectivity index (χ4v) is 1.86. The Morgan fingerprint density at radius 2 is 2.38 bits per heavy atom. The first kappa shape index (κ1) is 8.72. The fourth-order valence-electron chi connectivity index (χ4n) is 1.86. The lowest BCUT2D eigenvalue weighted by molar-refractivity contribution is 0.308. The van der Waals surface area contributed by atoms with Crippen LogP contribution in [0.25, 0.3) is 0 Å². The molecule has 72 valence electrons. The summed E-state index contributed by atoms with van der Waals surface area (Å²) < 4.78 is 0.